The van der Waals surface area contributed by atoms with Crippen LogP contribution >= 0.6 is 0 Å². The van der Waals surface area contributed by atoms with Gasteiger partial charge in [0.25, 0.3) is 11.6 Å². The van der Waals surface area contributed by atoms with E-state index in [1.54, 1.807) is 13.0 Å². The molecule has 31 heavy (non-hydrogen) atoms. The van der Waals surface area contributed by atoms with E-state index in [1.165, 1.54) is 35.2 Å². The Hall–Kier alpha value is -3.46. The van der Waals surface area contributed by atoms with Gasteiger partial charge >= 0.3 is 0 Å². The molecule has 1 amide bonds. The number of ketones is 1. The molecule has 0 radical (unpaired) electrons. The monoisotopic (exact) mass is 425 g/mol. The summed E-state index contributed by atoms with van der Waals surface area (Å²) in [6.45, 7) is 4.52. The lowest BCUT2D eigenvalue weighted by Gasteiger charge is -2.28. The van der Waals surface area contributed by atoms with Crippen LogP contribution in [0.5, 0.6) is 0 Å². The Morgan fingerprint density at radius 2 is 1.84 bits per heavy atom. The standard InChI is InChI=1S/C22H23N3O6/c1-14-4-9-17(31-14)20(26)18-19(15-5-7-16(8-6-15)25(29)30)24(22(28)21(18)27)13-12-23-10-2-3-11-23/h4-9,19,27H,2-3,10-13H2,1H3. The van der Waals surface area contributed by atoms with E-state index in [0.29, 0.717) is 24.4 Å². The second-order valence-corrected chi connectivity index (χ2v) is 7.80. The van der Waals surface area contributed by atoms with Crippen molar-refractivity contribution in [2.45, 2.75) is 25.8 Å². The fourth-order valence-electron chi connectivity index (χ4n) is 4.19. The van der Waals surface area contributed by atoms with Gasteiger partial charge in [-0.2, -0.15) is 0 Å². The zero-order valence-corrected chi connectivity index (χ0v) is 17.1. The maximum atomic E-state index is 13.2. The molecule has 2 aromatic rings. The molecule has 0 saturated carbocycles. The highest BCUT2D eigenvalue weighted by atomic mass is 16.6. The molecular weight excluding hydrogens is 402 g/mol. The Kier molecular flexibility index (Phi) is 5.60. The van der Waals surface area contributed by atoms with Crippen LogP contribution in [0, 0.1) is 17.0 Å². The molecule has 4 rings (SSSR count). The quantitative estimate of drug-likeness (QED) is 0.411. The molecule has 1 N–H and O–H groups in total. The number of carbonyl (C=O) groups excluding carboxylic acids is 2. The van der Waals surface area contributed by atoms with Crippen molar-refractivity contribution in [3.05, 3.63) is 74.9 Å². The number of likely N-dealkylation sites (tertiary alicyclic amines) is 1. The minimum Gasteiger partial charge on any atom is -0.503 e. The first-order chi connectivity index (χ1) is 14.9. The minimum atomic E-state index is -0.853. The first-order valence-corrected chi connectivity index (χ1v) is 10.2. The third kappa shape index (κ3) is 3.96. The van der Waals surface area contributed by atoms with Crippen LogP contribution in [-0.2, 0) is 4.79 Å². The summed E-state index contributed by atoms with van der Waals surface area (Å²) in [7, 11) is 0. The van der Waals surface area contributed by atoms with Crippen molar-refractivity contribution in [1.82, 2.24) is 9.80 Å². The van der Waals surface area contributed by atoms with Gasteiger partial charge in [-0.25, -0.2) is 0 Å². The number of non-ortho nitro benzene ring substituents is 1. The topological polar surface area (TPSA) is 117 Å². The molecule has 1 fully saturated rings. The summed E-state index contributed by atoms with van der Waals surface area (Å²) in [6.07, 6.45) is 2.20. The largest absolute Gasteiger partial charge is 0.503 e. The van der Waals surface area contributed by atoms with Crippen LogP contribution in [0.1, 0.15) is 40.8 Å². The van der Waals surface area contributed by atoms with Gasteiger partial charge in [0, 0.05) is 25.2 Å². The highest BCUT2D eigenvalue weighted by Crippen LogP contribution is 2.39. The molecule has 1 aromatic carbocycles. The van der Waals surface area contributed by atoms with Gasteiger partial charge in [-0.3, -0.25) is 19.7 Å². The van der Waals surface area contributed by atoms with Gasteiger partial charge in [0.2, 0.25) is 5.78 Å². The number of rotatable bonds is 7. The number of amides is 1. The maximum Gasteiger partial charge on any atom is 0.290 e. The third-order valence-electron chi connectivity index (χ3n) is 5.79. The van der Waals surface area contributed by atoms with E-state index in [2.05, 4.69) is 4.90 Å². The molecule has 0 aliphatic carbocycles. The normalized spacial score (nSPS) is 19.5. The summed E-state index contributed by atoms with van der Waals surface area (Å²) >= 11 is 0. The number of nitrogens with zero attached hydrogens (tertiary/aromatic N) is 3. The van der Waals surface area contributed by atoms with Crippen LogP contribution in [0.3, 0.4) is 0 Å². The van der Waals surface area contributed by atoms with Crippen molar-refractivity contribution in [2.75, 3.05) is 26.2 Å². The molecule has 1 aromatic heterocycles. The van der Waals surface area contributed by atoms with E-state index in [9.17, 15) is 24.8 Å². The zero-order chi connectivity index (χ0) is 22.1. The van der Waals surface area contributed by atoms with Crippen molar-refractivity contribution in [1.29, 1.82) is 0 Å². The van der Waals surface area contributed by atoms with Crippen molar-refractivity contribution in [3.8, 4) is 0 Å². The molecule has 0 spiro atoms. The number of nitro groups is 1. The maximum absolute atomic E-state index is 13.2. The molecule has 2 aliphatic rings. The number of nitro benzene ring substituents is 1. The van der Waals surface area contributed by atoms with Gasteiger partial charge in [0.1, 0.15) is 5.76 Å². The average molecular weight is 425 g/mol. The predicted molar refractivity (Wildman–Crippen MR) is 111 cm³/mol. The molecule has 1 unspecified atom stereocenters. The van der Waals surface area contributed by atoms with E-state index in [0.717, 1.165) is 25.9 Å². The second-order valence-electron chi connectivity index (χ2n) is 7.80. The van der Waals surface area contributed by atoms with Crippen molar-refractivity contribution < 1.29 is 24.0 Å². The number of hydrogen-bond acceptors (Lipinski definition) is 7. The summed E-state index contributed by atoms with van der Waals surface area (Å²) in [5, 5.41) is 21.7. The molecule has 162 valence electrons. The van der Waals surface area contributed by atoms with E-state index in [4.69, 9.17) is 4.42 Å². The molecule has 1 atom stereocenters. The van der Waals surface area contributed by atoms with Crippen LogP contribution in [0.2, 0.25) is 0 Å². The summed E-state index contributed by atoms with van der Waals surface area (Å²) in [4.78, 5) is 40.3. The number of aliphatic hydroxyl groups excluding tert-OH is 1. The molecule has 0 bridgehead atoms. The van der Waals surface area contributed by atoms with E-state index in [-0.39, 0.29) is 17.0 Å². The summed E-state index contributed by atoms with van der Waals surface area (Å²) in [5.74, 6) is -1.25. The first-order valence-electron chi connectivity index (χ1n) is 10.2. The van der Waals surface area contributed by atoms with Gasteiger partial charge in [-0.1, -0.05) is 0 Å². The molecule has 1 saturated heterocycles. The number of benzene rings is 1. The van der Waals surface area contributed by atoms with Crippen LogP contribution in [-0.4, -0.2) is 57.7 Å². The number of carbonyl (C=O) groups is 2. The van der Waals surface area contributed by atoms with Crippen molar-refractivity contribution >= 4 is 17.4 Å². The highest BCUT2D eigenvalue weighted by molar-refractivity contribution is 6.15. The number of furan rings is 1. The summed E-state index contributed by atoms with van der Waals surface area (Å²) in [6, 6.07) is 7.96. The van der Waals surface area contributed by atoms with Crippen LogP contribution < -0.4 is 0 Å². The number of hydrogen-bond donors (Lipinski definition) is 1. The minimum absolute atomic E-state index is 0.0279. The van der Waals surface area contributed by atoms with Crippen LogP contribution in [0.4, 0.5) is 5.69 Å². The van der Waals surface area contributed by atoms with E-state index in [1.807, 2.05) is 0 Å². The fourth-order valence-corrected chi connectivity index (χ4v) is 4.19. The number of aliphatic hydroxyl groups is 1. The van der Waals surface area contributed by atoms with Gasteiger partial charge in [0.05, 0.1) is 16.5 Å². The lowest BCUT2D eigenvalue weighted by Crippen LogP contribution is -2.37. The lowest BCUT2D eigenvalue weighted by molar-refractivity contribution is -0.384. The Morgan fingerprint density at radius 3 is 2.42 bits per heavy atom. The van der Waals surface area contributed by atoms with Crippen molar-refractivity contribution in [3.63, 3.8) is 0 Å². The summed E-state index contributed by atoms with van der Waals surface area (Å²) < 4.78 is 5.43. The van der Waals surface area contributed by atoms with Gasteiger partial charge in [-0.05, 0) is 62.7 Å². The highest BCUT2D eigenvalue weighted by Gasteiger charge is 2.44. The third-order valence-corrected chi connectivity index (χ3v) is 5.79. The SMILES string of the molecule is Cc1ccc(C(=O)C2=C(O)C(=O)N(CCN3CCCC3)C2c2ccc([N+](=O)[O-])cc2)o1. The fraction of sp³-hybridized carbons (Fsp3) is 0.364. The Bertz CT molecular complexity index is 1050. The lowest BCUT2D eigenvalue weighted by atomic mass is 9.95. The average Bonchev–Trinajstić information content (AvgIpc) is 3.48. The molecule has 2 aliphatic heterocycles. The molecule has 9 nitrogen and oxygen atoms in total. The molecule has 9 heteroatoms. The van der Waals surface area contributed by atoms with Gasteiger partial charge < -0.3 is 19.3 Å². The Balaban J connectivity index is 1.70. The van der Waals surface area contributed by atoms with Crippen LogP contribution in [0.25, 0.3) is 0 Å². The first kappa shape index (κ1) is 20.8. The van der Waals surface area contributed by atoms with Gasteiger partial charge in [-0.15, -0.1) is 0 Å². The Morgan fingerprint density at radius 1 is 1.16 bits per heavy atom. The zero-order valence-electron chi connectivity index (χ0n) is 17.1. The predicted octanol–water partition coefficient (Wildman–Crippen LogP) is 3.17. The van der Waals surface area contributed by atoms with Crippen molar-refractivity contribution in [2.24, 2.45) is 0 Å². The number of Topliss-reactive ketones (excluding diaryl/α,β-unsaturated/α-hetero) is 1. The Labute approximate surface area is 178 Å². The molecule has 3 heterocycles. The van der Waals surface area contributed by atoms with E-state index < -0.39 is 28.4 Å². The summed E-state index contributed by atoms with van der Waals surface area (Å²) in [5.41, 5.74) is 0.338. The van der Waals surface area contributed by atoms with Crippen LogP contribution in [0.15, 0.2) is 52.1 Å². The molecular formula is C22H23N3O6. The van der Waals surface area contributed by atoms with E-state index >= 15 is 0 Å². The second kappa shape index (κ2) is 8.35. The number of aryl methyl sites for hydroxylation is 1. The van der Waals surface area contributed by atoms with Gasteiger partial charge in [0.15, 0.2) is 11.5 Å². The smallest absolute Gasteiger partial charge is 0.290 e.